The highest BCUT2D eigenvalue weighted by Gasteiger charge is 2.43. The van der Waals surface area contributed by atoms with E-state index in [1.807, 2.05) is 0 Å². The molecule has 1 unspecified atom stereocenters. The van der Waals surface area contributed by atoms with E-state index in [9.17, 15) is 0 Å². The fourth-order valence-corrected chi connectivity index (χ4v) is 3.82. The second-order valence-electron chi connectivity index (χ2n) is 6.47. The first kappa shape index (κ1) is 13.4. The molecule has 0 radical (unpaired) electrons. The Kier molecular flexibility index (Phi) is 3.41. The summed E-state index contributed by atoms with van der Waals surface area (Å²) in [5, 5.41) is 0. The Balaban J connectivity index is 2.23. The normalized spacial score (nSPS) is 31.4. The van der Waals surface area contributed by atoms with Gasteiger partial charge in [0.1, 0.15) is 0 Å². The van der Waals surface area contributed by atoms with Crippen molar-refractivity contribution in [1.82, 2.24) is 0 Å². The lowest BCUT2D eigenvalue weighted by Gasteiger charge is -2.35. The number of rotatable bonds is 2. The minimum Gasteiger partial charge on any atom is -0.0696 e. The van der Waals surface area contributed by atoms with Crippen LogP contribution in [0, 0.1) is 5.92 Å². The quantitative estimate of drug-likeness (QED) is 0.646. The van der Waals surface area contributed by atoms with Gasteiger partial charge in [0.05, 0.1) is 0 Å². The van der Waals surface area contributed by atoms with Crippen molar-refractivity contribution >= 4 is 5.57 Å². The predicted molar refractivity (Wildman–Crippen MR) is 87.7 cm³/mol. The summed E-state index contributed by atoms with van der Waals surface area (Å²) in [4.78, 5) is 0. The lowest BCUT2D eigenvalue weighted by molar-refractivity contribution is 0.317. The second-order valence-corrected chi connectivity index (χ2v) is 6.47. The molecule has 0 saturated heterocycles. The van der Waals surface area contributed by atoms with Gasteiger partial charge in [0, 0.05) is 5.41 Å². The van der Waals surface area contributed by atoms with Gasteiger partial charge in [-0.2, -0.15) is 0 Å². The lowest BCUT2D eigenvalue weighted by Crippen LogP contribution is -2.30. The largest absolute Gasteiger partial charge is 0.0696 e. The summed E-state index contributed by atoms with van der Waals surface area (Å²) in [6.07, 6.45) is 12.6. The van der Waals surface area contributed by atoms with Crippen LogP contribution in [-0.2, 0) is 5.41 Å². The summed E-state index contributed by atoms with van der Waals surface area (Å²) in [6, 6.07) is 9.04. The van der Waals surface area contributed by atoms with E-state index in [4.69, 9.17) is 0 Å². The van der Waals surface area contributed by atoms with Gasteiger partial charge in [-0.3, -0.25) is 0 Å². The van der Waals surface area contributed by atoms with Crippen LogP contribution in [0.1, 0.15) is 51.2 Å². The standard InChI is InChI=1S/C20H24/c1-4-16-9-5-6-10-17-14-20(13-16,15(2)3)19-12-8-7-11-18(17)19/h5-12,15H,4,13-14H2,1-3H3/b6-5-,16-9+,17-10+. The van der Waals surface area contributed by atoms with Gasteiger partial charge in [-0.1, -0.05) is 74.9 Å². The van der Waals surface area contributed by atoms with Crippen molar-refractivity contribution in [3.05, 3.63) is 65.3 Å². The first-order chi connectivity index (χ1) is 9.67. The van der Waals surface area contributed by atoms with E-state index in [0.29, 0.717) is 5.92 Å². The maximum absolute atomic E-state index is 2.39. The molecule has 0 amide bonds. The molecule has 0 aromatic heterocycles. The molecule has 3 rings (SSSR count). The molecule has 0 heteroatoms. The Bertz CT molecular complexity index is 598. The molecule has 104 valence electrons. The maximum atomic E-state index is 2.39. The third-order valence-corrected chi connectivity index (χ3v) is 5.16. The van der Waals surface area contributed by atoms with E-state index >= 15 is 0 Å². The molecule has 20 heavy (non-hydrogen) atoms. The first-order valence-corrected chi connectivity index (χ1v) is 7.82. The maximum Gasteiger partial charge on any atom is 0.00597 e. The Labute approximate surface area is 122 Å². The van der Waals surface area contributed by atoms with Gasteiger partial charge in [0.15, 0.2) is 0 Å². The molecule has 0 N–H and O–H groups in total. The van der Waals surface area contributed by atoms with E-state index in [-0.39, 0.29) is 5.41 Å². The molecule has 1 atom stereocenters. The smallest absolute Gasteiger partial charge is 0.00597 e. The molecule has 1 aromatic rings. The van der Waals surface area contributed by atoms with Crippen LogP contribution >= 0.6 is 0 Å². The Morgan fingerprint density at radius 1 is 1.05 bits per heavy atom. The third kappa shape index (κ3) is 1.98. The number of allylic oxidation sites excluding steroid dienone is 6. The summed E-state index contributed by atoms with van der Waals surface area (Å²) in [6.45, 7) is 7.05. The highest BCUT2D eigenvalue weighted by atomic mass is 14.5. The van der Waals surface area contributed by atoms with Crippen LogP contribution < -0.4 is 0 Å². The van der Waals surface area contributed by atoms with Crippen molar-refractivity contribution in [3.63, 3.8) is 0 Å². The van der Waals surface area contributed by atoms with E-state index < -0.39 is 0 Å². The molecule has 2 aliphatic rings. The van der Waals surface area contributed by atoms with E-state index in [1.165, 1.54) is 24.0 Å². The van der Waals surface area contributed by atoms with Crippen LogP contribution in [-0.4, -0.2) is 0 Å². The van der Waals surface area contributed by atoms with Crippen molar-refractivity contribution in [1.29, 1.82) is 0 Å². The molecule has 2 bridgehead atoms. The van der Waals surface area contributed by atoms with Crippen LogP contribution in [0.25, 0.3) is 5.57 Å². The van der Waals surface area contributed by atoms with Gasteiger partial charge >= 0.3 is 0 Å². The second kappa shape index (κ2) is 5.09. The Morgan fingerprint density at radius 2 is 1.80 bits per heavy atom. The van der Waals surface area contributed by atoms with Crippen LogP contribution in [0.4, 0.5) is 0 Å². The highest BCUT2D eigenvalue weighted by molar-refractivity contribution is 5.77. The zero-order chi connectivity index (χ0) is 14.2. The summed E-state index contributed by atoms with van der Waals surface area (Å²) in [5.41, 5.74) is 6.41. The number of benzene rings is 1. The van der Waals surface area contributed by atoms with Crippen molar-refractivity contribution in [2.24, 2.45) is 5.92 Å². The van der Waals surface area contributed by atoms with Gasteiger partial charge in [0.25, 0.3) is 0 Å². The minimum atomic E-state index is 0.288. The predicted octanol–water partition coefficient (Wildman–Crippen LogP) is 5.66. The number of fused-ring (bicyclic) bond motifs is 5. The zero-order valence-corrected chi connectivity index (χ0v) is 12.8. The van der Waals surface area contributed by atoms with Gasteiger partial charge in [0.2, 0.25) is 0 Å². The molecule has 0 saturated carbocycles. The van der Waals surface area contributed by atoms with E-state index in [2.05, 4.69) is 69.3 Å². The number of hydrogen-bond donors (Lipinski definition) is 0. The number of hydrogen-bond acceptors (Lipinski definition) is 0. The fraction of sp³-hybridized carbons (Fsp3) is 0.400. The average molecular weight is 264 g/mol. The molecular weight excluding hydrogens is 240 g/mol. The Hall–Kier alpha value is -1.56. The summed E-state index contributed by atoms with van der Waals surface area (Å²) >= 11 is 0. The zero-order valence-electron chi connectivity index (χ0n) is 12.8. The molecule has 2 aliphatic carbocycles. The van der Waals surface area contributed by atoms with Crippen molar-refractivity contribution < 1.29 is 0 Å². The molecular formula is C20H24. The van der Waals surface area contributed by atoms with E-state index in [1.54, 1.807) is 11.1 Å². The third-order valence-electron chi connectivity index (χ3n) is 5.16. The Morgan fingerprint density at radius 3 is 2.55 bits per heavy atom. The SMILES string of the molecule is CC\C1=C/C=C\C=C2/CC(C(C)C)(C1)c1ccccc12. The average Bonchev–Trinajstić information content (AvgIpc) is 2.82. The highest BCUT2D eigenvalue weighted by Crippen LogP contribution is 2.53. The fourth-order valence-electron chi connectivity index (χ4n) is 3.82. The molecule has 1 aromatic carbocycles. The summed E-state index contributed by atoms with van der Waals surface area (Å²) in [7, 11) is 0. The van der Waals surface area contributed by atoms with Crippen molar-refractivity contribution in [2.45, 2.75) is 45.4 Å². The van der Waals surface area contributed by atoms with Crippen LogP contribution in [0.3, 0.4) is 0 Å². The molecule has 0 heterocycles. The van der Waals surface area contributed by atoms with Crippen molar-refractivity contribution in [3.8, 4) is 0 Å². The van der Waals surface area contributed by atoms with E-state index in [0.717, 1.165) is 6.42 Å². The van der Waals surface area contributed by atoms with Gasteiger partial charge < -0.3 is 0 Å². The van der Waals surface area contributed by atoms with Crippen LogP contribution in [0.5, 0.6) is 0 Å². The van der Waals surface area contributed by atoms with Crippen molar-refractivity contribution in [2.75, 3.05) is 0 Å². The van der Waals surface area contributed by atoms with Crippen LogP contribution in [0.2, 0.25) is 0 Å². The molecule has 0 fully saturated rings. The van der Waals surface area contributed by atoms with Gasteiger partial charge in [-0.15, -0.1) is 0 Å². The first-order valence-electron chi connectivity index (χ1n) is 7.82. The lowest BCUT2D eigenvalue weighted by atomic mass is 9.68. The summed E-state index contributed by atoms with van der Waals surface area (Å²) in [5.74, 6) is 0.655. The molecule has 0 nitrogen and oxygen atoms in total. The summed E-state index contributed by atoms with van der Waals surface area (Å²) < 4.78 is 0. The minimum absolute atomic E-state index is 0.288. The van der Waals surface area contributed by atoms with Gasteiger partial charge in [-0.05, 0) is 41.9 Å². The van der Waals surface area contributed by atoms with Crippen LogP contribution in [0.15, 0.2) is 54.1 Å². The molecule has 0 aliphatic heterocycles. The van der Waals surface area contributed by atoms with Gasteiger partial charge in [-0.25, -0.2) is 0 Å². The monoisotopic (exact) mass is 264 g/mol. The molecule has 0 spiro atoms. The topological polar surface area (TPSA) is 0 Å².